The average molecular weight is 486 g/mol. The lowest BCUT2D eigenvalue weighted by atomic mass is 10.0. The van der Waals surface area contributed by atoms with Gasteiger partial charge in [-0.2, -0.15) is 4.31 Å². The maximum Gasteiger partial charge on any atom is 0.247 e. The van der Waals surface area contributed by atoms with Gasteiger partial charge in [0.05, 0.1) is 5.52 Å². The fraction of sp³-hybridized carbons (Fsp3) is 0.333. The van der Waals surface area contributed by atoms with Crippen LogP contribution in [0.2, 0.25) is 0 Å². The number of pyridine rings is 1. The maximum atomic E-state index is 13.7. The van der Waals surface area contributed by atoms with Crippen LogP contribution in [0.15, 0.2) is 59.5 Å². The first-order valence-corrected chi connectivity index (χ1v) is 13.1. The summed E-state index contributed by atoms with van der Waals surface area (Å²) in [6, 6.07) is 15.7. The van der Waals surface area contributed by atoms with Gasteiger partial charge >= 0.3 is 0 Å². The summed E-state index contributed by atoms with van der Waals surface area (Å²) in [5.41, 5.74) is 8.27. The Hall–Kier alpha value is -2.62. The third kappa shape index (κ3) is 4.32. The van der Waals surface area contributed by atoms with E-state index in [1.165, 1.54) is 22.1 Å². The van der Waals surface area contributed by atoms with Crippen LogP contribution >= 0.6 is 11.8 Å². The minimum absolute atomic E-state index is 0.0747. The number of amides is 1. The number of thioether (sulfide) groups is 1. The first-order valence-electron chi connectivity index (χ1n) is 10.7. The highest BCUT2D eigenvalue weighted by atomic mass is 32.2. The lowest BCUT2D eigenvalue weighted by molar-refractivity contribution is -0.121. The molecule has 2 aromatic carbocycles. The van der Waals surface area contributed by atoms with Crippen LogP contribution in [0.1, 0.15) is 25.1 Å². The van der Waals surface area contributed by atoms with Crippen LogP contribution in [0, 0.1) is 6.92 Å². The minimum atomic E-state index is -3.93. The molecular weight excluding hydrogens is 458 g/mol. The van der Waals surface area contributed by atoms with Crippen molar-refractivity contribution in [1.82, 2.24) is 9.29 Å². The number of aryl methyl sites for hydroxylation is 1. The highest BCUT2D eigenvalue weighted by molar-refractivity contribution is 8.01. The van der Waals surface area contributed by atoms with Crippen molar-refractivity contribution in [2.24, 2.45) is 5.73 Å². The van der Waals surface area contributed by atoms with Crippen molar-refractivity contribution in [2.75, 3.05) is 12.3 Å². The molecular formula is C24H27N3O4S2. The normalized spacial score (nSPS) is 21.7. The van der Waals surface area contributed by atoms with Crippen molar-refractivity contribution in [3.8, 4) is 5.75 Å². The SMILES string of the molecule is Cc1cc(COc2ccccc2S(=O)(=O)N2CCSC(C)(C(N)=O)C2C)c2ccccc2n1. The van der Waals surface area contributed by atoms with Gasteiger partial charge in [-0.3, -0.25) is 9.78 Å². The van der Waals surface area contributed by atoms with Gasteiger partial charge in [-0.25, -0.2) is 8.42 Å². The van der Waals surface area contributed by atoms with Gasteiger partial charge in [0.2, 0.25) is 15.9 Å². The van der Waals surface area contributed by atoms with Crippen molar-refractivity contribution < 1.29 is 17.9 Å². The number of primary amides is 1. The number of carbonyl (C=O) groups is 1. The van der Waals surface area contributed by atoms with Gasteiger partial charge in [0.25, 0.3) is 0 Å². The molecule has 2 heterocycles. The molecule has 7 nitrogen and oxygen atoms in total. The van der Waals surface area contributed by atoms with Gasteiger partial charge in [-0.15, -0.1) is 11.8 Å². The summed E-state index contributed by atoms with van der Waals surface area (Å²) in [6.07, 6.45) is 0. The third-order valence-corrected chi connectivity index (χ3v) is 9.72. The second-order valence-corrected chi connectivity index (χ2v) is 11.7. The molecule has 1 aliphatic rings. The van der Waals surface area contributed by atoms with E-state index in [9.17, 15) is 13.2 Å². The zero-order valence-electron chi connectivity index (χ0n) is 18.8. The zero-order chi connectivity index (χ0) is 23.8. The van der Waals surface area contributed by atoms with Crippen LogP contribution in [-0.2, 0) is 21.4 Å². The van der Waals surface area contributed by atoms with Gasteiger partial charge in [0.15, 0.2) is 0 Å². The van der Waals surface area contributed by atoms with E-state index in [0.29, 0.717) is 12.3 Å². The molecule has 174 valence electrons. The van der Waals surface area contributed by atoms with Crippen molar-refractivity contribution in [3.63, 3.8) is 0 Å². The summed E-state index contributed by atoms with van der Waals surface area (Å²) in [5, 5.41) is 0.961. The number of sulfonamides is 1. The second-order valence-electron chi connectivity index (χ2n) is 8.29. The van der Waals surface area contributed by atoms with Gasteiger partial charge in [-0.1, -0.05) is 30.3 Å². The fourth-order valence-corrected chi connectivity index (χ4v) is 7.37. The molecule has 2 atom stereocenters. The fourth-order valence-electron chi connectivity index (χ4n) is 4.12. The van der Waals surface area contributed by atoms with E-state index in [-0.39, 0.29) is 17.3 Å². The molecule has 1 aliphatic heterocycles. The quantitative estimate of drug-likeness (QED) is 0.573. The molecule has 0 bridgehead atoms. The monoisotopic (exact) mass is 485 g/mol. The van der Waals surface area contributed by atoms with Crippen molar-refractivity contribution >= 4 is 38.6 Å². The number of fused-ring (bicyclic) bond motifs is 1. The standard InChI is InChI=1S/C24H27N3O4S2/c1-16-14-18(19-8-4-5-9-20(19)26-16)15-31-21-10-6-7-11-22(21)33(29,30)27-12-13-32-24(3,17(27)2)23(25)28/h4-11,14,17H,12-13,15H2,1-3H3,(H2,25,28). The summed E-state index contributed by atoms with van der Waals surface area (Å²) in [5.74, 6) is 0.223. The smallest absolute Gasteiger partial charge is 0.247 e. The van der Waals surface area contributed by atoms with E-state index in [0.717, 1.165) is 22.2 Å². The Morgan fingerprint density at radius 1 is 1.24 bits per heavy atom. The second kappa shape index (κ2) is 8.96. The number of ether oxygens (including phenoxy) is 1. The minimum Gasteiger partial charge on any atom is -0.487 e. The van der Waals surface area contributed by atoms with Crippen molar-refractivity contribution in [2.45, 2.75) is 43.1 Å². The number of para-hydroxylation sites is 2. The number of rotatable bonds is 6. The first-order chi connectivity index (χ1) is 15.6. The number of benzene rings is 2. The first kappa shape index (κ1) is 23.5. The molecule has 1 aromatic heterocycles. The van der Waals surface area contributed by atoms with Crippen LogP contribution in [0.3, 0.4) is 0 Å². The lowest BCUT2D eigenvalue weighted by Gasteiger charge is -2.43. The molecule has 4 rings (SSSR count). The molecule has 2 unspecified atom stereocenters. The number of nitrogens with zero attached hydrogens (tertiary/aromatic N) is 2. The molecule has 0 saturated carbocycles. The number of aromatic nitrogens is 1. The van der Waals surface area contributed by atoms with Crippen LogP contribution in [-0.4, -0.2) is 46.7 Å². The predicted octanol–water partition coefficient (Wildman–Crippen LogP) is 3.49. The Morgan fingerprint density at radius 2 is 1.94 bits per heavy atom. The maximum absolute atomic E-state index is 13.7. The molecule has 1 saturated heterocycles. The Kier molecular flexibility index (Phi) is 6.39. The number of nitrogens with two attached hydrogens (primary N) is 1. The summed E-state index contributed by atoms with van der Waals surface area (Å²) >= 11 is 1.39. The predicted molar refractivity (Wildman–Crippen MR) is 131 cm³/mol. The Bertz CT molecular complexity index is 1310. The van der Waals surface area contributed by atoms with Gasteiger partial charge in [0, 0.05) is 35.0 Å². The summed E-state index contributed by atoms with van der Waals surface area (Å²) in [7, 11) is -3.93. The number of hydrogen-bond acceptors (Lipinski definition) is 6. The van der Waals surface area contributed by atoms with E-state index in [1.807, 2.05) is 37.3 Å². The van der Waals surface area contributed by atoms with Gasteiger partial charge in [0.1, 0.15) is 22.0 Å². The molecule has 1 fully saturated rings. The molecule has 0 radical (unpaired) electrons. The highest BCUT2D eigenvalue weighted by Gasteiger charge is 2.48. The van der Waals surface area contributed by atoms with Crippen LogP contribution < -0.4 is 10.5 Å². The van der Waals surface area contributed by atoms with E-state index in [2.05, 4.69) is 4.98 Å². The number of hydrogen-bond donors (Lipinski definition) is 1. The molecule has 0 aliphatic carbocycles. The molecule has 33 heavy (non-hydrogen) atoms. The van der Waals surface area contributed by atoms with Crippen molar-refractivity contribution in [1.29, 1.82) is 0 Å². The van der Waals surface area contributed by atoms with E-state index < -0.39 is 26.7 Å². The third-order valence-electron chi connectivity index (χ3n) is 6.18. The van der Waals surface area contributed by atoms with Crippen LogP contribution in [0.5, 0.6) is 5.75 Å². The van der Waals surface area contributed by atoms with E-state index in [4.69, 9.17) is 10.5 Å². The summed E-state index contributed by atoms with van der Waals surface area (Å²) in [4.78, 5) is 16.7. The molecule has 9 heteroatoms. The van der Waals surface area contributed by atoms with E-state index in [1.54, 1.807) is 32.0 Å². The highest BCUT2D eigenvalue weighted by Crippen LogP contribution is 2.39. The van der Waals surface area contributed by atoms with Crippen LogP contribution in [0.4, 0.5) is 0 Å². The zero-order valence-corrected chi connectivity index (χ0v) is 20.4. The largest absolute Gasteiger partial charge is 0.487 e. The van der Waals surface area contributed by atoms with Crippen molar-refractivity contribution in [3.05, 3.63) is 65.9 Å². The average Bonchev–Trinajstić information content (AvgIpc) is 2.79. The molecule has 1 amide bonds. The topological polar surface area (TPSA) is 103 Å². The Balaban J connectivity index is 1.66. The van der Waals surface area contributed by atoms with Crippen LogP contribution in [0.25, 0.3) is 10.9 Å². The Morgan fingerprint density at radius 3 is 2.70 bits per heavy atom. The van der Waals surface area contributed by atoms with E-state index >= 15 is 0 Å². The Labute approximate surface area is 198 Å². The van der Waals surface area contributed by atoms with Gasteiger partial charge in [-0.05, 0) is 45.0 Å². The molecule has 2 N–H and O–H groups in total. The molecule has 0 spiro atoms. The number of carbonyl (C=O) groups excluding carboxylic acids is 1. The summed E-state index contributed by atoms with van der Waals surface area (Å²) in [6.45, 7) is 5.83. The van der Waals surface area contributed by atoms with Gasteiger partial charge < -0.3 is 10.5 Å². The molecule has 3 aromatic rings. The summed E-state index contributed by atoms with van der Waals surface area (Å²) < 4.78 is 33.8. The lowest BCUT2D eigenvalue weighted by Crippen LogP contribution is -2.59.